The van der Waals surface area contributed by atoms with E-state index in [4.69, 9.17) is 4.43 Å². The highest BCUT2D eigenvalue weighted by Gasteiger charge is 2.15. The van der Waals surface area contributed by atoms with Crippen molar-refractivity contribution in [2.45, 2.75) is 77.6 Å². The molecule has 0 aliphatic carbocycles. The number of hydrogen-bond donors (Lipinski definition) is 1. The molecule has 1 aromatic carbocycles. The number of unbranched alkanes of at least 4 members (excludes halogenated alkanes) is 4. The normalized spacial score (nSPS) is 13.2. The second-order valence-electron chi connectivity index (χ2n) is 7.01. The molecular weight excluding hydrogens is 276 g/mol. The van der Waals surface area contributed by atoms with Crippen molar-refractivity contribution in [1.82, 2.24) is 0 Å². The molecule has 120 valence electrons. The lowest BCUT2D eigenvalue weighted by atomic mass is 10.0. The summed E-state index contributed by atoms with van der Waals surface area (Å²) in [6, 6.07) is 8.61. The van der Waals surface area contributed by atoms with E-state index in [2.05, 4.69) is 43.9 Å². The molecule has 1 N–H and O–H groups in total. The van der Waals surface area contributed by atoms with Crippen LogP contribution in [-0.4, -0.2) is 19.5 Å². The summed E-state index contributed by atoms with van der Waals surface area (Å²) in [4.78, 5) is 0. The van der Waals surface area contributed by atoms with Gasteiger partial charge in [-0.3, -0.25) is 0 Å². The van der Waals surface area contributed by atoms with Crippen molar-refractivity contribution in [3.8, 4) is 5.75 Å². The molecule has 0 amide bonds. The maximum Gasteiger partial charge on any atom is 0.242 e. The van der Waals surface area contributed by atoms with Gasteiger partial charge in [-0.1, -0.05) is 37.8 Å². The van der Waals surface area contributed by atoms with Gasteiger partial charge in [0.15, 0.2) is 0 Å². The SMILES string of the molecule is CC(O)CCCCCCCc1ccc(O[Si](C)(C)C)cc1. The van der Waals surface area contributed by atoms with Crippen molar-refractivity contribution in [2.24, 2.45) is 0 Å². The van der Waals surface area contributed by atoms with E-state index in [1.54, 1.807) is 0 Å². The molecule has 2 nitrogen and oxygen atoms in total. The zero-order chi connectivity index (χ0) is 15.7. The Morgan fingerprint density at radius 3 is 2.10 bits per heavy atom. The van der Waals surface area contributed by atoms with Gasteiger partial charge in [0.2, 0.25) is 8.32 Å². The molecule has 1 rings (SSSR count). The van der Waals surface area contributed by atoms with Gasteiger partial charge in [-0.05, 0) is 63.5 Å². The summed E-state index contributed by atoms with van der Waals surface area (Å²) in [5.74, 6) is 1.01. The third kappa shape index (κ3) is 9.70. The van der Waals surface area contributed by atoms with Gasteiger partial charge in [-0.15, -0.1) is 0 Å². The Balaban J connectivity index is 2.15. The minimum absolute atomic E-state index is 0.137. The number of hydrogen-bond acceptors (Lipinski definition) is 2. The van der Waals surface area contributed by atoms with E-state index >= 15 is 0 Å². The molecule has 1 unspecified atom stereocenters. The van der Waals surface area contributed by atoms with Crippen LogP contribution in [0, 0.1) is 0 Å². The van der Waals surface area contributed by atoms with E-state index in [0.717, 1.165) is 25.0 Å². The Morgan fingerprint density at radius 1 is 0.952 bits per heavy atom. The molecule has 0 spiro atoms. The monoisotopic (exact) mass is 308 g/mol. The van der Waals surface area contributed by atoms with Gasteiger partial charge in [0.1, 0.15) is 5.75 Å². The van der Waals surface area contributed by atoms with Crippen molar-refractivity contribution in [3.05, 3.63) is 29.8 Å². The highest BCUT2D eigenvalue weighted by molar-refractivity contribution is 6.70. The standard InChI is InChI=1S/C18H32O2Si/c1-16(19)10-8-6-5-7-9-11-17-12-14-18(15-13-17)20-21(2,3)4/h12-16,19H,5-11H2,1-4H3. The average molecular weight is 309 g/mol. The van der Waals surface area contributed by atoms with E-state index < -0.39 is 8.32 Å². The van der Waals surface area contributed by atoms with Crippen LogP contribution >= 0.6 is 0 Å². The van der Waals surface area contributed by atoms with Crippen molar-refractivity contribution in [1.29, 1.82) is 0 Å². The van der Waals surface area contributed by atoms with Crippen molar-refractivity contribution < 1.29 is 9.53 Å². The van der Waals surface area contributed by atoms with Gasteiger partial charge in [0, 0.05) is 0 Å². The van der Waals surface area contributed by atoms with Crippen molar-refractivity contribution in [2.75, 3.05) is 0 Å². The first kappa shape index (κ1) is 18.2. The lowest BCUT2D eigenvalue weighted by molar-refractivity contribution is 0.180. The van der Waals surface area contributed by atoms with Crippen LogP contribution in [0.15, 0.2) is 24.3 Å². The molecule has 0 bridgehead atoms. The van der Waals surface area contributed by atoms with E-state index in [1.807, 2.05) is 6.92 Å². The van der Waals surface area contributed by atoms with Crippen LogP contribution in [0.4, 0.5) is 0 Å². The fraction of sp³-hybridized carbons (Fsp3) is 0.667. The topological polar surface area (TPSA) is 29.5 Å². The predicted molar refractivity (Wildman–Crippen MR) is 93.5 cm³/mol. The zero-order valence-electron chi connectivity index (χ0n) is 14.2. The molecule has 3 heteroatoms. The maximum absolute atomic E-state index is 9.19. The fourth-order valence-electron chi connectivity index (χ4n) is 2.38. The van der Waals surface area contributed by atoms with Crippen LogP contribution in [0.5, 0.6) is 5.75 Å². The van der Waals surface area contributed by atoms with Gasteiger partial charge < -0.3 is 9.53 Å². The Morgan fingerprint density at radius 2 is 1.52 bits per heavy atom. The minimum atomic E-state index is -1.49. The molecule has 0 aliphatic heterocycles. The zero-order valence-corrected chi connectivity index (χ0v) is 15.2. The first-order valence-corrected chi connectivity index (χ1v) is 11.7. The second-order valence-corrected chi connectivity index (χ2v) is 11.4. The van der Waals surface area contributed by atoms with Crippen LogP contribution in [0.25, 0.3) is 0 Å². The van der Waals surface area contributed by atoms with Crippen LogP contribution in [0.1, 0.15) is 51.0 Å². The predicted octanol–water partition coefficient (Wildman–Crippen LogP) is 5.16. The van der Waals surface area contributed by atoms with Crippen molar-refractivity contribution >= 4 is 8.32 Å². The van der Waals surface area contributed by atoms with Crippen LogP contribution in [0.3, 0.4) is 0 Å². The lowest BCUT2D eigenvalue weighted by Gasteiger charge is -2.19. The highest BCUT2D eigenvalue weighted by atomic mass is 28.4. The smallest absolute Gasteiger partial charge is 0.242 e. The summed E-state index contributed by atoms with van der Waals surface area (Å²) in [6.07, 6.45) is 8.18. The largest absolute Gasteiger partial charge is 0.544 e. The third-order valence-corrected chi connectivity index (χ3v) is 4.28. The summed E-state index contributed by atoms with van der Waals surface area (Å²) in [7, 11) is -1.49. The molecule has 0 saturated carbocycles. The summed E-state index contributed by atoms with van der Waals surface area (Å²) >= 11 is 0. The Labute approximate surface area is 131 Å². The van der Waals surface area contributed by atoms with E-state index in [-0.39, 0.29) is 6.10 Å². The Hall–Kier alpha value is -0.803. The van der Waals surface area contributed by atoms with Crippen LogP contribution < -0.4 is 4.43 Å². The maximum atomic E-state index is 9.19. The van der Waals surface area contributed by atoms with Crippen LogP contribution in [0.2, 0.25) is 19.6 Å². The molecular formula is C18H32O2Si. The summed E-state index contributed by atoms with van der Waals surface area (Å²) < 4.78 is 5.96. The number of aryl methyl sites for hydroxylation is 1. The molecule has 1 atom stereocenters. The molecule has 1 aromatic rings. The third-order valence-electron chi connectivity index (χ3n) is 3.43. The Kier molecular flexibility index (Phi) is 8.05. The molecule has 0 aliphatic rings. The van der Waals surface area contributed by atoms with Gasteiger partial charge in [-0.25, -0.2) is 0 Å². The first-order valence-electron chi connectivity index (χ1n) is 8.33. The first-order chi connectivity index (χ1) is 9.87. The summed E-state index contributed by atoms with van der Waals surface area (Å²) in [6.45, 7) is 8.49. The second kappa shape index (κ2) is 9.26. The molecule has 0 saturated heterocycles. The molecule has 0 aromatic heterocycles. The fourth-order valence-corrected chi connectivity index (χ4v) is 3.22. The lowest BCUT2D eigenvalue weighted by Crippen LogP contribution is -2.29. The van der Waals surface area contributed by atoms with Gasteiger partial charge in [-0.2, -0.15) is 0 Å². The van der Waals surface area contributed by atoms with Crippen molar-refractivity contribution in [3.63, 3.8) is 0 Å². The molecule has 21 heavy (non-hydrogen) atoms. The molecule has 0 fully saturated rings. The molecule has 0 radical (unpaired) electrons. The quantitative estimate of drug-likeness (QED) is 0.477. The minimum Gasteiger partial charge on any atom is -0.544 e. The van der Waals surface area contributed by atoms with Gasteiger partial charge in [0.05, 0.1) is 6.10 Å². The number of aliphatic hydroxyl groups is 1. The number of aliphatic hydroxyl groups excluding tert-OH is 1. The van der Waals surface area contributed by atoms with E-state index in [1.165, 1.54) is 31.2 Å². The number of rotatable bonds is 10. The summed E-state index contributed by atoms with van der Waals surface area (Å²) in [5, 5.41) is 9.19. The number of benzene rings is 1. The molecule has 0 heterocycles. The summed E-state index contributed by atoms with van der Waals surface area (Å²) in [5.41, 5.74) is 1.40. The van der Waals surface area contributed by atoms with Gasteiger partial charge in [0.25, 0.3) is 0 Å². The highest BCUT2D eigenvalue weighted by Crippen LogP contribution is 2.18. The Bertz CT molecular complexity index is 379. The van der Waals surface area contributed by atoms with Crippen LogP contribution in [-0.2, 0) is 6.42 Å². The average Bonchev–Trinajstić information content (AvgIpc) is 2.37. The van der Waals surface area contributed by atoms with E-state index in [0.29, 0.717) is 0 Å². The van der Waals surface area contributed by atoms with Gasteiger partial charge >= 0.3 is 0 Å². The van der Waals surface area contributed by atoms with E-state index in [9.17, 15) is 5.11 Å².